The van der Waals surface area contributed by atoms with Crippen LogP contribution < -0.4 is 0 Å². The number of carbonyl (C=O) groups is 1. The van der Waals surface area contributed by atoms with E-state index in [4.69, 9.17) is 5.26 Å². The van der Waals surface area contributed by atoms with E-state index in [1.54, 1.807) is 0 Å². The second-order valence-corrected chi connectivity index (χ2v) is 2.45. The topological polar surface area (TPSA) is 46.5 Å². The Kier molecular flexibility index (Phi) is 2.76. The SMILES string of the molecule is O=C(OO)c1ccc(C(F)(F)F)cc1. The smallest absolute Gasteiger partial charge is 0.296 e. The molecule has 0 radical (unpaired) electrons. The van der Waals surface area contributed by atoms with Crippen molar-refractivity contribution in [2.24, 2.45) is 0 Å². The van der Waals surface area contributed by atoms with Crippen LogP contribution in [0.3, 0.4) is 0 Å². The van der Waals surface area contributed by atoms with Crippen LogP contribution >= 0.6 is 0 Å². The van der Waals surface area contributed by atoms with Crippen LogP contribution in [-0.2, 0) is 11.1 Å². The normalized spacial score (nSPS) is 11.1. The first-order valence-electron chi connectivity index (χ1n) is 3.48. The molecule has 0 unspecified atom stereocenters. The van der Waals surface area contributed by atoms with Crippen molar-refractivity contribution in [3.8, 4) is 0 Å². The van der Waals surface area contributed by atoms with Crippen molar-refractivity contribution in [2.45, 2.75) is 6.18 Å². The van der Waals surface area contributed by atoms with E-state index in [1.807, 2.05) is 0 Å². The Hall–Kier alpha value is -1.56. The lowest BCUT2D eigenvalue weighted by Crippen LogP contribution is -2.06. The predicted molar refractivity (Wildman–Crippen MR) is 39.5 cm³/mol. The van der Waals surface area contributed by atoms with E-state index in [0.717, 1.165) is 24.3 Å². The summed E-state index contributed by atoms with van der Waals surface area (Å²) >= 11 is 0. The summed E-state index contributed by atoms with van der Waals surface area (Å²) in [6.07, 6.45) is -4.44. The summed E-state index contributed by atoms with van der Waals surface area (Å²) in [5, 5.41) is 7.95. The van der Waals surface area contributed by atoms with E-state index in [9.17, 15) is 18.0 Å². The number of alkyl halides is 3. The molecule has 0 spiro atoms. The minimum absolute atomic E-state index is 0.152. The number of rotatable bonds is 1. The van der Waals surface area contributed by atoms with Crippen LogP contribution in [0.15, 0.2) is 24.3 Å². The lowest BCUT2D eigenvalue weighted by molar-refractivity contribution is -0.182. The van der Waals surface area contributed by atoms with Crippen molar-refractivity contribution >= 4 is 5.97 Å². The molecule has 0 bridgehead atoms. The third-order valence-corrected chi connectivity index (χ3v) is 1.53. The highest BCUT2D eigenvalue weighted by Crippen LogP contribution is 2.29. The van der Waals surface area contributed by atoms with Crippen LogP contribution in [-0.4, -0.2) is 11.2 Å². The minimum Gasteiger partial charge on any atom is -0.296 e. The number of carbonyl (C=O) groups excluding carboxylic acids is 1. The molecule has 0 aromatic heterocycles. The van der Waals surface area contributed by atoms with E-state index in [0.29, 0.717) is 0 Å². The molecule has 0 fully saturated rings. The zero-order valence-corrected chi connectivity index (χ0v) is 6.71. The second kappa shape index (κ2) is 3.67. The summed E-state index contributed by atoms with van der Waals surface area (Å²) in [7, 11) is 0. The number of halogens is 3. The highest BCUT2D eigenvalue weighted by Gasteiger charge is 2.30. The van der Waals surface area contributed by atoms with Gasteiger partial charge in [0.15, 0.2) is 0 Å². The Labute approximate surface area is 76.7 Å². The molecular weight excluding hydrogens is 201 g/mol. The van der Waals surface area contributed by atoms with Gasteiger partial charge in [-0.25, -0.2) is 4.79 Å². The molecule has 0 aliphatic rings. The van der Waals surface area contributed by atoms with Crippen LogP contribution in [0.25, 0.3) is 0 Å². The Morgan fingerprint density at radius 1 is 1.21 bits per heavy atom. The monoisotopic (exact) mass is 206 g/mol. The van der Waals surface area contributed by atoms with Gasteiger partial charge in [-0.05, 0) is 24.3 Å². The molecule has 0 saturated heterocycles. The fourth-order valence-electron chi connectivity index (χ4n) is 0.848. The summed E-state index contributed by atoms with van der Waals surface area (Å²) in [6.45, 7) is 0. The average molecular weight is 206 g/mol. The molecule has 1 N–H and O–H groups in total. The van der Waals surface area contributed by atoms with Gasteiger partial charge in [0.05, 0.1) is 11.1 Å². The number of benzene rings is 1. The largest absolute Gasteiger partial charge is 0.416 e. The molecule has 0 amide bonds. The van der Waals surface area contributed by atoms with Crippen molar-refractivity contribution in [1.29, 1.82) is 0 Å². The van der Waals surface area contributed by atoms with Crippen molar-refractivity contribution in [2.75, 3.05) is 0 Å². The first-order chi connectivity index (χ1) is 6.45. The first kappa shape index (κ1) is 10.5. The van der Waals surface area contributed by atoms with E-state index in [1.165, 1.54) is 0 Å². The quantitative estimate of drug-likeness (QED) is 0.566. The second-order valence-electron chi connectivity index (χ2n) is 2.45. The summed E-state index contributed by atoms with van der Waals surface area (Å²) < 4.78 is 36.1. The average Bonchev–Trinajstić information content (AvgIpc) is 2.15. The van der Waals surface area contributed by atoms with Crippen LogP contribution in [0, 0.1) is 0 Å². The highest BCUT2D eigenvalue weighted by molar-refractivity contribution is 5.88. The van der Waals surface area contributed by atoms with E-state index < -0.39 is 17.7 Å². The van der Waals surface area contributed by atoms with Gasteiger partial charge in [0.2, 0.25) is 0 Å². The van der Waals surface area contributed by atoms with Crippen molar-refractivity contribution in [1.82, 2.24) is 0 Å². The fourth-order valence-corrected chi connectivity index (χ4v) is 0.848. The van der Waals surface area contributed by atoms with Crippen LogP contribution in [0.2, 0.25) is 0 Å². The molecule has 3 nitrogen and oxygen atoms in total. The summed E-state index contributed by atoms with van der Waals surface area (Å²) in [4.78, 5) is 14.0. The third-order valence-electron chi connectivity index (χ3n) is 1.53. The molecule has 76 valence electrons. The molecule has 0 heterocycles. The lowest BCUT2D eigenvalue weighted by atomic mass is 10.1. The summed E-state index contributed by atoms with van der Waals surface area (Å²) in [6, 6.07) is 3.29. The number of hydrogen-bond donors (Lipinski definition) is 1. The van der Waals surface area contributed by atoms with Gasteiger partial charge in [0, 0.05) is 0 Å². The third kappa shape index (κ3) is 2.23. The van der Waals surface area contributed by atoms with Gasteiger partial charge >= 0.3 is 12.1 Å². The number of hydrogen-bond acceptors (Lipinski definition) is 3. The molecule has 1 rings (SSSR count). The van der Waals surface area contributed by atoms with Crippen LogP contribution in [0.1, 0.15) is 15.9 Å². The summed E-state index contributed by atoms with van der Waals surface area (Å²) in [5.74, 6) is -1.10. The van der Waals surface area contributed by atoms with Gasteiger partial charge in [0.25, 0.3) is 0 Å². The zero-order valence-electron chi connectivity index (χ0n) is 6.71. The van der Waals surface area contributed by atoms with Gasteiger partial charge < -0.3 is 0 Å². The van der Waals surface area contributed by atoms with Crippen molar-refractivity contribution in [3.05, 3.63) is 35.4 Å². The molecule has 1 aromatic carbocycles. The fraction of sp³-hybridized carbons (Fsp3) is 0.125. The van der Waals surface area contributed by atoms with Crippen LogP contribution in [0.5, 0.6) is 0 Å². The summed E-state index contributed by atoms with van der Waals surface area (Å²) in [5.41, 5.74) is -1.02. The maximum Gasteiger partial charge on any atom is 0.416 e. The Morgan fingerprint density at radius 2 is 1.71 bits per heavy atom. The predicted octanol–water partition coefficient (Wildman–Crippen LogP) is 2.34. The molecule has 0 aliphatic heterocycles. The first-order valence-corrected chi connectivity index (χ1v) is 3.48. The maximum absolute atomic E-state index is 12.0. The van der Waals surface area contributed by atoms with Gasteiger partial charge in [-0.2, -0.15) is 18.4 Å². The maximum atomic E-state index is 12.0. The standard InChI is InChI=1S/C8H5F3O3/c9-8(10,11)6-3-1-5(2-4-6)7(12)14-13/h1-4,13H. The van der Waals surface area contributed by atoms with E-state index in [-0.39, 0.29) is 5.56 Å². The van der Waals surface area contributed by atoms with Gasteiger partial charge in [-0.1, -0.05) is 0 Å². The Morgan fingerprint density at radius 3 is 2.07 bits per heavy atom. The molecule has 0 atom stereocenters. The Balaban J connectivity index is 2.95. The van der Waals surface area contributed by atoms with Crippen molar-refractivity contribution < 1.29 is 28.1 Å². The molecule has 0 aliphatic carbocycles. The van der Waals surface area contributed by atoms with Crippen molar-refractivity contribution in [3.63, 3.8) is 0 Å². The van der Waals surface area contributed by atoms with Gasteiger partial charge in [-0.15, -0.1) is 0 Å². The minimum atomic E-state index is -4.44. The van der Waals surface area contributed by atoms with Gasteiger partial charge in [0.1, 0.15) is 0 Å². The molecule has 6 heteroatoms. The molecule has 1 aromatic rings. The lowest BCUT2D eigenvalue weighted by Gasteiger charge is -2.05. The zero-order chi connectivity index (χ0) is 10.8. The van der Waals surface area contributed by atoms with Gasteiger partial charge in [-0.3, -0.25) is 4.89 Å². The molecule has 0 saturated carbocycles. The highest BCUT2D eigenvalue weighted by atomic mass is 19.4. The Bertz CT molecular complexity index is 329. The van der Waals surface area contributed by atoms with E-state index >= 15 is 0 Å². The molecule has 14 heavy (non-hydrogen) atoms. The van der Waals surface area contributed by atoms with Crippen LogP contribution in [0.4, 0.5) is 13.2 Å². The molecular formula is C8H5F3O3. The van der Waals surface area contributed by atoms with E-state index in [2.05, 4.69) is 4.89 Å².